The predicted octanol–water partition coefficient (Wildman–Crippen LogP) is 0.352. The Morgan fingerprint density at radius 3 is 3.00 bits per heavy atom. The lowest BCUT2D eigenvalue weighted by molar-refractivity contribution is -0.385. The Morgan fingerprint density at radius 1 is 1.72 bits per heavy atom. The zero-order chi connectivity index (χ0) is 13.5. The average Bonchev–Trinajstić information content (AvgIpc) is 2.75. The highest BCUT2D eigenvalue weighted by atomic mass is 16.6. The molecule has 0 fully saturated rings. The molecule has 1 heterocycles. The molecule has 18 heavy (non-hydrogen) atoms. The van der Waals surface area contributed by atoms with E-state index in [4.69, 9.17) is 5.73 Å². The van der Waals surface area contributed by atoms with Crippen LogP contribution in [-0.2, 0) is 6.54 Å². The largest absolute Gasteiger partial charge is 0.370 e. The quantitative estimate of drug-likeness (QED) is 0.329. The molecule has 8 heteroatoms. The van der Waals surface area contributed by atoms with E-state index in [1.54, 1.807) is 0 Å². The monoisotopic (exact) mass is 254 g/mol. The Hall–Kier alpha value is -2.12. The number of guanidine groups is 1. The molecule has 0 aliphatic carbocycles. The van der Waals surface area contributed by atoms with E-state index in [2.05, 4.69) is 29.3 Å². The molecular weight excluding hydrogens is 236 g/mol. The second kappa shape index (κ2) is 6.58. The van der Waals surface area contributed by atoms with E-state index in [1.807, 2.05) is 0 Å². The standard InChI is InChI=1S/C10H18N6O2/c1-8(2)5-13-10(11)12-3-4-15-7-9(6-14-15)16(17)18/h6-8H,3-5H2,1-2H3,(H3,11,12,13). The zero-order valence-corrected chi connectivity index (χ0v) is 10.5. The van der Waals surface area contributed by atoms with Crippen LogP contribution in [0.25, 0.3) is 0 Å². The highest BCUT2D eigenvalue weighted by Gasteiger charge is 2.07. The molecule has 1 aromatic rings. The van der Waals surface area contributed by atoms with Gasteiger partial charge in [0.05, 0.1) is 11.5 Å². The van der Waals surface area contributed by atoms with Crippen molar-refractivity contribution in [3.8, 4) is 0 Å². The maximum atomic E-state index is 10.4. The third kappa shape index (κ3) is 4.81. The molecule has 1 rings (SSSR count). The van der Waals surface area contributed by atoms with E-state index in [0.717, 1.165) is 0 Å². The summed E-state index contributed by atoms with van der Waals surface area (Å²) in [6.07, 6.45) is 2.60. The number of nitrogens with one attached hydrogen (secondary N) is 1. The number of rotatable bonds is 6. The van der Waals surface area contributed by atoms with Gasteiger partial charge in [-0.25, -0.2) is 0 Å². The van der Waals surface area contributed by atoms with Gasteiger partial charge in [0, 0.05) is 13.1 Å². The Labute approximate surface area is 105 Å². The summed E-state index contributed by atoms with van der Waals surface area (Å²) in [5.74, 6) is 0.837. The van der Waals surface area contributed by atoms with Crippen LogP contribution in [0.4, 0.5) is 5.69 Å². The second-order valence-electron chi connectivity index (χ2n) is 4.27. The van der Waals surface area contributed by atoms with Crippen LogP contribution in [0, 0.1) is 16.0 Å². The second-order valence-corrected chi connectivity index (χ2v) is 4.27. The summed E-state index contributed by atoms with van der Waals surface area (Å²) in [4.78, 5) is 14.1. The molecule has 0 saturated carbocycles. The molecule has 0 saturated heterocycles. The Balaban J connectivity index is 2.32. The fourth-order valence-electron chi connectivity index (χ4n) is 1.20. The van der Waals surface area contributed by atoms with Crippen LogP contribution in [0.3, 0.4) is 0 Å². The van der Waals surface area contributed by atoms with Crippen molar-refractivity contribution in [2.75, 3.05) is 13.1 Å². The molecule has 0 aromatic carbocycles. The van der Waals surface area contributed by atoms with Gasteiger partial charge in [-0.3, -0.25) is 19.8 Å². The minimum absolute atomic E-state index is 0.0172. The third-order valence-corrected chi connectivity index (χ3v) is 2.10. The van der Waals surface area contributed by atoms with Crippen LogP contribution in [0.1, 0.15) is 13.8 Å². The summed E-state index contributed by atoms with van der Waals surface area (Å²) in [6.45, 7) is 5.80. The van der Waals surface area contributed by atoms with E-state index in [-0.39, 0.29) is 5.69 Å². The van der Waals surface area contributed by atoms with Crippen molar-refractivity contribution in [1.82, 2.24) is 15.1 Å². The highest BCUT2D eigenvalue weighted by Crippen LogP contribution is 2.06. The molecule has 1 aromatic heterocycles. The molecule has 3 N–H and O–H groups in total. The molecule has 0 radical (unpaired) electrons. The molecule has 0 spiro atoms. The highest BCUT2D eigenvalue weighted by molar-refractivity contribution is 5.77. The maximum absolute atomic E-state index is 10.4. The number of aromatic nitrogens is 2. The van der Waals surface area contributed by atoms with Gasteiger partial charge in [-0.2, -0.15) is 5.10 Å². The number of hydrogen-bond donors (Lipinski definition) is 2. The van der Waals surface area contributed by atoms with Crippen molar-refractivity contribution in [2.24, 2.45) is 16.6 Å². The molecular formula is C10H18N6O2. The van der Waals surface area contributed by atoms with Crippen LogP contribution in [0.2, 0.25) is 0 Å². The Morgan fingerprint density at radius 2 is 2.44 bits per heavy atom. The molecule has 0 aliphatic heterocycles. The lowest BCUT2D eigenvalue weighted by Crippen LogP contribution is -2.34. The normalized spacial score (nSPS) is 11.8. The first kappa shape index (κ1) is 13.9. The van der Waals surface area contributed by atoms with Crippen LogP contribution in [-0.4, -0.2) is 33.8 Å². The first-order valence-electron chi connectivity index (χ1n) is 5.69. The number of nitro groups is 1. The molecule has 0 amide bonds. The molecule has 8 nitrogen and oxygen atoms in total. The fourth-order valence-corrected chi connectivity index (χ4v) is 1.20. The zero-order valence-electron chi connectivity index (χ0n) is 10.5. The van der Waals surface area contributed by atoms with Gasteiger partial charge < -0.3 is 11.1 Å². The van der Waals surface area contributed by atoms with Gasteiger partial charge in [0.1, 0.15) is 12.4 Å². The lowest BCUT2D eigenvalue weighted by atomic mass is 10.2. The SMILES string of the molecule is CC(C)CN=C(N)NCCn1cc([N+](=O)[O-])cn1. The first-order valence-corrected chi connectivity index (χ1v) is 5.69. The number of hydrogen-bond acceptors (Lipinski definition) is 4. The van der Waals surface area contributed by atoms with Gasteiger partial charge in [-0.1, -0.05) is 13.8 Å². The van der Waals surface area contributed by atoms with Crippen LogP contribution >= 0.6 is 0 Å². The van der Waals surface area contributed by atoms with Gasteiger partial charge in [-0.15, -0.1) is 0 Å². The summed E-state index contributed by atoms with van der Waals surface area (Å²) in [5.41, 5.74) is 5.62. The summed E-state index contributed by atoms with van der Waals surface area (Å²) >= 11 is 0. The Kier molecular flexibility index (Phi) is 5.09. The van der Waals surface area contributed by atoms with Crippen LogP contribution < -0.4 is 11.1 Å². The van der Waals surface area contributed by atoms with Crippen molar-refractivity contribution in [1.29, 1.82) is 0 Å². The lowest BCUT2D eigenvalue weighted by Gasteiger charge is -2.06. The number of nitrogens with two attached hydrogens (primary N) is 1. The maximum Gasteiger partial charge on any atom is 0.306 e. The van der Waals surface area contributed by atoms with Crippen molar-refractivity contribution in [2.45, 2.75) is 20.4 Å². The molecule has 100 valence electrons. The summed E-state index contributed by atoms with van der Waals surface area (Å²) < 4.78 is 1.49. The first-order chi connectivity index (χ1) is 8.49. The van der Waals surface area contributed by atoms with Gasteiger partial charge in [0.25, 0.3) is 0 Å². The van der Waals surface area contributed by atoms with Crippen LogP contribution in [0.5, 0.6) is 0 Å². The molecule has 0 aliphatic rings. The van der Waals surface area contributed by atoms with E-state index in [1.165, 1.54) is 17.1 Å². The summed E-state index contributed by atoms with van der Waals surface area (Å²) in [7, 11) is 0. The fraction of sp³-hybridized carbons (Fsp3) is 0.600. The summed E-state index contributed by atoms with van der Waals surface area (Å²) in [5, 5.41) is 17.2. The van der Waals surface area contributed by atoms with Gasteiger partial charge in [0.2, 0.25) is 0 Å². The van der Waals surface area contributed by atoms with E-state index in [9.17, 15) is 10.1 Å². The number of nitrogens with zero attached hydrogens (tertiary/aromatic N) is 4. The van der Waals surface area contributed by atoms with Crippen molar-refractivity contribution in [3.63, 3.8) is 0 Å². The minimum atomic E-state index is -0.477. The Bertz CT molecular complexity index is 426. The van der Waals surface area contributed by atoms with E-state index < -0.39 is 4.92 Å². The number of aliphatic imine (C=N–C) groups is 1. The predicted molar refractivity (Wildman–Crippen MR) is 68.2 cm³/mol. The molecule has 0 atom stereocenters. The summed E-state index contributed by atoms with van der Waals surface area (Å²) in [6, 6.07) is 0. The molecule has 0 unspecified atom stereocenters. The van der Waals surface area contributed by atoms with Crippen molar-refractivity contribution >= 4 is 11.6 Å². The van der Waals surface area contributed by atoms with Crippen LogP contribution in [0.15, 0.2) is 17.4 Å². The average molecular weight is 254 g/mol. The van der Waals surface area contributed by atoms with Gasteiger partial charge in [0.15, 0.2) is 5.96 Å². The van der Waals surface area contributed by atoms with E-state index >= 15 is 0 Å². The van der Waals surface area contributed by atoms with Crippen molar-refractivity contribution < 1.29 is 4.92 Å². The third-order valence-electron chi connectivity index (χ3n) is 2.10. The molecule has 0 bridgehead atoms. The van der Waals surface area contributed by atoms with Gasteiger partial charge >= 0.3 is 5.69 Å². The van der Waals surface area contributed by atoms with E-state index in [0.29, 0.717) is 31.5 Å². The van der Waals surface area contributed by atoms with Gasteiger partial charge in [-0.05, 0) is 5.92 Å². The van der Waals surface area contributed by atoms with Crippen molar-refractivity contribution in [3.05, 3.63) is 22.5 Å². The topological polar surface area (TPSA) is 111 Å². The minimum Gasteiger partial charge on any atom is -0.370 e. The smallest absolute Gasteiger partial charge is 0.306 e.